The average Bonchev–Trinajstić information content (AvgIpc) is 2.56. The minimum Gasteiger partial charge on any atom is -0.315 e. The van der Waals surface area contributed by atoms with Gasteiger partial charge in [0.25, 0.3) is 0 Å². The van der Waals surface area contributed by atoms with Gasteiger partial charge in [0.1, 0.15) is 0 Å². The molecule has 2 aromatic carbocycles. The molecule has 2 N–H and O–H groups in total. The number of hydrogen-bond donors (Lipinski definition) is 2. The summed E-state index contributed by atoms with van der Waals surface area (Å²) in [5.41, 5.74) is 2.55. The van der Waals surface area contributed by atoms with E-state index < -0.39 is 0 Å². The molecule has 0 saturated heterocycles. The molecule has 0 aliphatic heterocycles. The average molecular weight is 351 g/mol. The Morgan fingerprint density at radius 2 is 1.48 bits per heavy atom. The second-order valence-electron chi connectivity index (χ2n) is 5.57. The van der Waals surface area contributed by atoms with Crippen LogP contribution in [0.1, 0.15) is 17.5 Å². The van der Waals surface area contributed by atoms with E-state index in [1.54, 1.807) is 6.07 Å². The molecule has 0 amide bonds. The molecule has 0 saturated carbocycles. The third-order valence-electron chi connectivity index (χ3n) is 3.73. The highest BCUT2D eigenvalue weighted by Gasteiger charge is 2.00. The molecule has 0 fully saturated rings. The minimum atomic E-state index is 0.686. The standard InChI is InChI=1S/C19H24Cl2N2/c20-18-9-8-17(19(21)15-18)10-12-23-14-13-22-11-4-7-16-5-2-1-3-6-16/h1-3,5-6,8-9,15,22-23H,4,7,10-14H2. The first-order valence-electron chi connectivity index (χ1n) is 8.15. The van der Waals surface area contributed by atoms with Crippen LogP contribution in [0.3, 0.4) is 0 Å². The van der Waals surface area contributed by atoms with Crippen molar-refractivity contribution in [3.63, 3.8) is 0 Å². The van der Waals surface area contributed by atoms with Crippen molar-refractivity contribution in [3.05, 3.63) is 69.7 Å². The van der Waals surface area contributed by atoms with Gasteiger partial charge in [0, 0.05) is 23.1 Å². The van der Waals surface area contributed by atoms with Crippen LogP contribution in [0, 0.1) is 0 Å². The quantitative estimate of drug-likeness (QED) is 0.622. The Labute approximate surface area is 149 Å². The summed E-state index contributed by atoms with van der Waals surface area (Å²) in [6.07, 6.45) is 3.23. The zero-order valence-electron chi connectivity index (χ0n) is 13.3. The van der Waals surface area contributed by atoms with E-state index in [9.17, 15) is 0 Å². The summed E-state index contributed by atoms with van der Waals surface area (Å²) in [7, 11) is 0. The van der Waals surface area contributed by atoms with E-state index in [1.807, 2.05) is 12.1 Å². The number of hydrogen-bond acceptors (Lipinski definition) is 2. The van der Waals surface area contributed by atoms with Crippen molar-refractivity contribution in [1.29, 1.82) is 0 Å². The molecule has 2 nitrogen and oxygen atoms in total. The number of halogens is 2. The van der Waals surface area contributed by atoms with Crippen molar-refractivity contribution in [2.75, 3.05) is 26.2 Å². The molecule has 2 aromatic rings. The lowest BCUT2D eigenvalue weighted by Crippen LogP contribution is -2.29. The molecule has 0 radical (unpaired) electrons. The van der Waals surface area contributed by atoms with Gasteiger partial charge in [-0.25, -0.2) is 0 Å². The van der Waals surface area contributed by atoms with E-state index in [1.165, 1.54) is 12.0 Å². The maximum atomic E-state index is 6.15. The summed E-state index contributed by atoms with van der Waals surface area (Å²) >= 11 is 12.0. The largest absolute Gasteiger partial charge is 0.315 e. The maximum Gasteiger partial charge on any atom is 0.0453 e. The maximum absolute atomic E-state index is 6.15. The fraction of sp³-hybridized carbons (Fsp3) is 0.368. The number of aryl methyl sites for hydroxylation is 1. The molecule has 0 aromatic heterocycles. The van der Waals surface area contributed by atoms with Crippen molar-refractivity contribution in [3.8, 4) is 0 Å². The van der Waals surface area contributed by atoms with Gasteiger partial charge >= 0.3 is 0 Å². The highest BCUT2D eigenvalue weighted by Crippen LogP contribution is 2.20. The fourth-order valence-electron chi connectivity index (χ4n) is 2.44. The van der Waals surface area contributed by atoms with Gasteiger partial charge in [0.2, 0.25) is 0 Å². The zero-order valence-corrected chi connectivity index (χ0v) is 14.8. The summed E-state index contributed by atoms with van der Waals surface area (Å²) in [6, 6.07) is 16.3. The van der Waals surface area contributed by atoms with Crippen LogP contribution in [0.4, 0.5) is 0 Å². The summed E-state index contributed by atoms with van der Waals surface area (Å²) in [5, 5.41) is 8.33. The van der Waals surface area contributed by atoms with Crippen LogP contribution in [0.2, 0.25) is 10.0 Å². The SMILES string of the molecule is Clc1ccc(CCNCCNCCCc2ccccc2)c(Cl)c1. The van der Waals surface area contributed by atoms with Gasteiger partial charge in [-0.15, -0.1) is 0 Å². The fourth-order valence-corrected chi connectivity index (χ4v) is 2.94. The van der Waals surface area contributed by atoms with Gasteiger partial charge in [-0.2, -0.15) is 0 Å². The molecule has 0 aliphatic carbocycles. The molecule has 23 heavy (non-hydrogen) atoms. The monoisotopic (exact) mass is 350 g/mol. The Kier molecular flexibility index (Phi) is 8.48. The van der Waals surface area contributed by atoms with Crippen LogP contribution in [0.5, 0.6) is 0 Å². The normalized spacial score (nSPS) is 10.9. The molecule has 0 atom stereocenters. The highest BCUT2D eigenvalue weighted by atomic mass is 35.5. The Bertz CT molecular complexity index is 573. The van der Waals surface area contributed by atoms with E-state index in [-0.39, 0.29) is 0 Å². The molecule has 0 bridgehead atoms. The van der Waals surface area contributed by atoms with E-state index in [0.29, 0.717) is 5.02 Å². The summed E-state index contributed by atoms with van der Waals surface area (Å²) < 4.78 is 0. The first-order valence-corrected chi connectivity index (χ1v) is 8.90. The molecule has 0 unspecified atom stereocenters. The Hall–Kier alpha value is -1.06. The second kappa shape index (κ2) is 10.7. The zero-order chi connectivity index (χ0) is 16.3. The van der Waals surface area contributed by atoms with Crippen molar-refractivity contribution in [2.45, 2.75) is 19.3 Å². The van der Waals surface area contributed by atoms with Crippen molar-refractivity contribution < 1.29 is 0 Å². The van der Waals surface area contributed by atoms with Gasteiger partial charge in [-0.05, 0) is 55.6 Å². The molecular formula is C19H24Cl2N2. The summed E-state index contributed by atoms with van der Waals surface area (Å²) in [6.45, 7) is 3.94. The Morgan fingerprint density at radius 1 is 0.739 bits per heavy atom. The Balaban J connectivity index is 1.46. The van der Waals surface area contributed by atoms with Crippen molar-refractivity contribution in [1.82, 2.24) is 10.6 Å². The van der Waals surface area contributed by atoms with Crippen LogP contribution in [-0.2, 0) is 12.8 Å². The molecule has 0 spiro atoms. The minimum absolute atomic E-state index is 0.686. The lowest BCUT2D eigenvalue weighted by molar-refractivity contribution is 0.597. The molecule has 124 valence electrons. The van der Waals surface area contributed by atoms with Crippen LogP contribution in [-0.4, -0.2) is 26.2 Å². The number of rotatable bonds is 10. The van der Waals surface area contributed by atoms with Crippen LogP contribution in [0.25, 0.3) is 0 Å². The summed E-state index contributed by atoms with van der Waals surface area (Å²) in [4.78, 5) is 0. The van der Waals surface area contributed by atoms with Crippen LogP contribution >= 0.6 is 23.2 Å². The molecular weight excluding hydrogens is 327 g/mol. The predicted molar refractivity (Wildman–Crippen MR) is 101 cm³/mol. The topological polar surface area (TPSA) is 24.1 Å². The molecule has 0 heterocycles. The van der Waals surface area contributed by atoms with Gasteiger partial charge < -0.3 is 10.6 Å². The van der Waals surface area contributed by atoms with Crippen LogP contribution < -0.4 is 10.6 Å². The van der Waals surface area contributed by atoms with Crippen molar-refractivity contribution in [2.24, 2.45) is 0 Å². The van der Waals surface area contributed by atoms with E-state index in [0.717, 1.165) is 49.6 Å². The molecule has 4 heteroatoms. The second-order valence-corrected chi connectivity index (χ2v) is 6.42. The number of nitrogens with one attached hydrogen (secondary N) is 2. The van der Waals surface area contributed by atoms with Gasteiger partial charge in [-0.1, -0.05) is 59.6 Å². The highest BCUT2D eigenvalue weighted by molar-refractivity contribution is 6.35. The lowest BCUT2D eigenvalue weighted by atomic mass is 10.1. The molecule has 0 aliphatic rings. The number of benzene rings is 2. The van der Waals surface area contributed by atoms with Gasteiger partial charge in [0.15, 0.2) is 0 Å². The van der Waals surface area contributed by atoms with E-state index >= 15 is 0 Å². The van der Waals surface area contributed by atoms with Crippen molar-refractivity contribution >= 4 is 23.2 Å². The van der Waals surface area contributed by atoms with Gasteiger partial charge in [-0.3, -0.25) is 0 Å². The van der Waals surface area contributed by atoms with Crippen LogP contribution in [0.15, 0.2) is 48.5 Å². The predicted octanol–water partition coefficient (Wildman–Crippen LogP) is 4.35. The first-order chi connectivity index (χ1) is 11.3. The third kappa shape index (κ3) is 7.36. The van der Waals surface area contributed by atoms with E-state index in [4.69, 9.17) is 23.2 Å². The Morgan fingerprint density at radius 3 is 2.22 bits per heavy atom. The smallest absolute Gasteiger partial charge is 0.0453 e. The molecule has 2 rings (SSSR count). The van der Waals surface area contributed by atoms with E-state index in [2.05, 4.69) is 41.0 Å². The van der Waals surface area contributed by atoms with Gasteiger partial charge in [0.05, 0.1) is 0 Å². The lowest BCUT2D eigenvalue weighted by Gasteiger charge is -2.08. The first kappa shape index (κ1) is 18.3. The summed E-state index contributed by atoms with van der Waals surface area (Å²) in [5.74, 6) is 0. The third-order valence-corrected chi connectivity index (χ3v) is 4.31.